The Morgan fingerprint density at radius 2 is 2.00 bits per heavy atom. The second-order valence-corrected chi connectivity index (χ2v) is 3.16. The first kappa shape index (κ1) is 12.2. The van der Waals surface area contributed by atoms with Crippen LogP contribution in [0.3, 0.4) is 0 Å². The summed E-state index contributed by atoms with van der Waals surface area (Å²) in [7, 11) is 0. The fourth-order valence-corrected chi connectivity index (χ4v) is 1.12. The molecule has 0 bridgehead atoms. The van der Waals surface area contributed by atoms with Crippen molar-refractivity contribution in [3.05, 3.63) is 35.5 Å². The van der Waals surface area contributed by atoms with E-state index < -0.39 is 0 Å². The van der Waals surface area contributed by atoms with Crippen LogP contribution in [0, 0.1) is 0 Å². The minimum atomic E-state index is 0.747. The highest BCUT2D eigenvalue weighted by molar-refractivity contribution is 5.21. The first-order chi connectivity index (χ1) is 6.24. The first-order valence-electron chi connectivity index (χ1n) is 4.88. The van der Waals surface area contributed by atoms with Crippen LogP contribution >= 0.6 is 0 Å². The quantitative estimate of drug-likeness (QED) is 0.509. The van der Waals surface area contributed by atoms with Crippen molar-refractivity contribution < 1.29 is 0 Å². The molecule has 0 aromatic rings. The van der Waals surface area contributed by atoms with Crippen LogP contribution in [0.2, 0.25) is 0 Å². The van der Waals surface area contributed by atoms with Gasteiger partial charge in [0.2, 0.25) is 0 Å². The molecule has 0 saturated heterocycles. The van der Waals surface area contributed by atoms with E-state index in [9.17, 15) is 0 Å². The molecule has 0 spiro atoms. The Hall–Kier alpha value is -0.820. The van der Waals surface area contributed by atoms with Crippen molar-refractivity contribution >= 4 is 0 Å². The maximum Gasteiger partial charge on any atom is -0.00400 e. The van der Waals surface area contributed by atoms with Gasteiger partial charge in [0.25, 0.3) is 0 Å². The Morgan fingerprint density at radius 1 is 1.31 bits per heavy atom. The van der Waals surface area contributed by atoms with Gasteiger partial charge in [0.05, 0.1) is 0 Å². The molecule has 74 valence electrons. The zero-order valence-electron chi connectivity index (χ0n) is 9.01. The molecule has 1 nitrogen and oxygen atoms in total. The minimum Gasteiger partial charge on any atom is -0.330 e. The lowest BCUT2D eigenvalue weighted by atomic mass is 10.1. The second-order valence-electron chi connectivity index (χ2n) is 3.16. The van der Waals surface area contributed by atoms with Crippen LogP contribution in [0.25, 0.3) is 0 Å². The van der Waals surface area contributed by atoms with Crippen LogP contribution in [0.1, 0.15) is 33.6 Å². The molecule has 0 aromatic heterocycles. The van der Waals surface area contributed by atoms with Crippen molar-refractivity contribution in [1.29, 1.82) is 0 Å². The zero-order valence-corrected chi connectivity index (χ0v) is 9.01. The maximum absolute atomic E-state index is 5.46. The summed E-state index contributed by atoms with van der Waals surface area (Å²) >= 11 is 0. The normalized spacial score (nSPS) is 14.2. The molecule has 0 atom stereocenters. The predicted molar refractivity (Wildman–Crippen MR) is 60.6 cm³/mol. The summed E-state index contributed by atoms with van der Waals surface area (Å²) in [5.41, 5.74) is 8.20. The summed E-state index contributed by atoms with van der Waals surface area (Å²) in [5, 5.41) is 0. The van der Waals surface area contributed by atoms with Crippen LogP contribution in [0.4, 0.5) is 0 Å². The Bertz CT molecular complexity index is 209. The third-order valence-corrected chi connectivity index (χ3v) is 1.98. The fraction of sp³-hybridized carbons (Fsp3) is 0.500. The van der Waals surface area contributed by atoms with Gasteiger partial charge in [-0.2, -0.15) is 0 Å². The van der Waals surface area contributed by atoms with Gasteiger partial charge in [-0.15, -0.1) is 0 Å². The molecule has 0 radical (unpaired) electrons. The van der Waals surface area contributed by atoms with Crippen LogP contribution in [0.15, 0.2) is 35.5 Å². The molecule has 0 rings (SSSR count). The van der Waals surface area contributed by atoms with Gasteiger partial charge in [0, 0.05) is 0 Å². The van der Waals surface area contributed by atoms with Crippen molar-refractivity contribution in [3.8, 4) is 0 Å². The average molecular weight is 179 g/mol. The largest absolute Gasteiger partial charge is 0.330 e. The smallest absolute Gasteiger partial charge is 0.00400 e. The Kier molecular flexibility index (Phi) is 7.32. The number of nitrogens with two attached hydrogens (primary N) is 1. The summed E-state index contributed by atoms with van der Waals surface area (Å²) in [6.07, 6.45) is 10.6. The lowest BCUT2D eigenvalue weighted by Gasteiger charge is -1.99. The van der Waals surface area contributed by atoms with Crippen molar-refractivity contribution in [3.63, 3.8) is 0 Å². The van der Waals surface area contributed by atoms with E-state index in [1.165, 1.54) is 11.1 Å². The molecular formula is C12H21N. The van der Waals surface area contributed by atoms with Crippen LogP contribution < -0.4 is 5.73 Å². The number of hydrogen-bond donors (Lipinski definition) is 1. The second kappa shape index (κ2) is 7.81. The summed E-state index contributed by atoms with van der Waals surface area (Å²) in [5.74, 6) is 0. The van der Waals surface area contributed by atoms with Crippen molar-refractivity contribution in [1.82, 2.24) is 0 Å². The fourth-order valence-electron chi connectivity index (χ4n) is 1.12. The van der Waals surface area contributed by atoms with E-state index in [2.05, 4.69) is 38.2 Å². The predicted octanol–water partition coefficient (Wildman–Crippen LogP) is 3.19. The van der Waals surface area contributed by atoms with Crippen molar-refractivity contribution in [2.75, 3.05) is 6.54 Å². The van der Waals surface area contributed by atoms with Crippen LogP contribution in [-0.4, -0.2) is 6.54 Å². The van der Waals surface area contributed by atoms with E-state index in [4.69, 9.17) is 5.73 Å². The SMILES string of the molecule is C/C=C\C(=C/C)C/C=C(\C)CCN. The van der Waals surface area contributed by atoms with Gasteiger partial charge in [0.1, 0.15) is 0 Å². The lowest BCUT2D eigenvalue weighted by molar-refractivity contribution is 0.941. The minimum absolute atomic E-state index is 0.747. The topological polar surface area (TPSA) is 26.0 Å². The number of hydrogen-bond acceptors (Lipinski definition) is 1. The van der Waals surface area contributed by atoms with Crippen LogP contribution in [0.5, 0.6) is 0 Å². The Labute approximate surface area is 82.0 Å². The molecule has 0 aliphatic rings. The van der Waals surface area contributed by atoms with E-state index in [0.717, 1.165) is 19.4 Å². The van der Waals surface area contributed by atoms with Gasteiger partial charge in [0.15, 0.2) is 0 Å². The van der Waals surface area contributed by atoms with E-state index in [0.29, 0.717) is 0 Å². The molecular weight excluding hydrogens is 158 g/mol. The average Bonchev–Trinajstić information content (AvgIpc) is 2.12. The maximum atomic E-state index is 5.46. The molecule has 0 aromatic carbocycles. The van der Waals surface area contributed by atoms with Crippen LogP contribution in [-0.2, 0) is 0 Å². The molecule has 0 heterocycles. The highest BCUT2D eigenvalue weighted by Gasteiger charge is 1.89. The Balaban J connectivity index is 4.04. The van der Waals surface area contributed by atoms with Gasteiger partial charge in [-0.25, -0.2) is 0 Å². The molecule has 1 heteroatoms. The molecule has 0 saturated carbocycles. The van der Waals surface area contributed by atoms with Crippen molar-refractivity contribution in [2.45, 2.75) is 33.6 Å². The molecule has 0 aliphatic heterocycles. The third kappa shape index (κ3) is 6.35. The molecule has 13 heavy (non-hydrogen) atoms. The summed E-state index contributed by atoms with van der Waals surface area (Å²) in [6, 6.07) is 0. The van der Waals surface area contributed by atoms with E-state index in [1.807, 2.05) is 6.92 Å². The van der Waals surface area contributed by atoms with Gasteiger partial charge < -0.3 is 5.73 Å². The first-order valence-corrected chi connectivity index (χ1v) is 4.88. The zero-order chi connectivity index (χ0) is 10.1. The standard InChI is InChI=1S/C12H21N/c1-4-6-12(5-2)8-7-11(3)9-10-13/h4-7H,8-10,13H2,1-3H3/b6-4-,11-7+,12-5+. The van der Waals surface area contributed by atoms with E-state index in [-0.39, 0.29) is 0 Å². The monoisotopic (exact) mass is 179 g/mol. The van der Waals surface area contributed by atoms with Gasteiger partial charge in [-0.3, -0.25) is 0 Å². The van der Waals surface area contributed by atoms with Gasteiger partial charge >= 0.3 is 0 Å². The number of rotatable bonds is 5. The third-order valence-electron chi connectivity index (χ3n) is 1.98. The Morgan fingerprint density at radius 3 is 2.46 bits per heavy atom. The highest BCUT2D eigenvalue weighted by atomic mass is 14.5. The lowest BCUT2D eigenvalue weighted by Crippen LogP contribution is -1.98. The highest BCUT2D eigenvalue weighted by Crippen LogP contribution is 2.08. The summed E-state index contributed by atoms with van der Waals surface area (Å²) in [6.45, 7) is 6.99. The van der Waals surface area contributed by atoms with Gasteiger partial charge in [-0.1, -0.05) is 29.9 Å². The number of allylic oxidation sites excluding steroid dienone is 5. The molecule has 0 unspecified atom stereocenters. The summed E-state index contributed by atoms with van der Waals surface area (Å²) < 4.78 is 0. The molecule has 2 N–H and O–H groups in total. The van der Waals surface area contributed by atoms with E-state index >= 15 is 0 Å². The van der Waals surface area contributed by atoms with Crippen molar-refractivity contribution in [2.24, 2.45) is 5.73 Å². The van der Waals surface area contributed by atoms with E-state index in [1.54, 1.807) is 0 Å². The molecule has 0 fully saturated rings. The van der Waals surface area contributed by atoms with Gasteiger partial charge in [-0.05, 0) is 45.7 Å². The summed E-state index contributed by atoms with van der Waals surface area (Å²) in [4.78, 5) is 0. The molecule has 0 aliphatic carbocycles. The molecule has 0 amide bonds.